The van der Waals surface area contributed by atoms with Crippen LogP contribution in [0.2, 0.25) is 0 Å². The number of hydrogen-bond donors (Lipinski definition) is 0. The molecule has 0 nitrogen and oxygen atoms in total. The Bertz CT molecular complexity index is 763. The van der Waals surface area contributed by atoms with Gasteiger partial charge in [0.1, 0.15) is 0 Å². The summed E-state index contributed by atoms with van der Waals surface area (Å²) in [6, 6.07) is 18.2. The van der Waals surface area contributed by atoms with E-state index in [9.17, 15) is 0 Å². The summed E-state index contributed by atoms with van der Waals surface area (Å²) >= 11 is 0. The van der Waals surface area contributed by atoms with Gasteiger partial charge in [-0.25, -0.2) is 0 Å². The average molecular weight is 262 g/mol. The Morgan fingerprint density at radius 1 is 0.550 bits per heavy atom. The van der Waals surface area contributed by atoms with Gasteiger partial charge in [0, 0.05) is 0 Å². The van der Waals surface area contributed by atoms with E-state index in [1.807, 2.05) is 0 Å². The van der Waals surface area contributed by atoms with Crippen LogP contribution < -0.4 is 0 Å². The first-order chi connectivity index (χ1) is 9.56. The van der Waals surface area contributed by atoms with Gasteiger partial charge in [-0.05, 0) is 44.5 Å². The van der Waals surface area contributed by atoms with Crippen molar-refractivity contribution in [2.24, 2.45) is 0 Å². The van der Waals surface area contributed by atoms with Gasteiger partial charge < -0.3 is 0 Å². The molecule has 0 fully saturated rings. The summed E-state index contributed by atoms with van der Waals surface area (Å²) in [6.45, 7) is 9.00. The van der Waals surface area contributed by atoms with Crippen LogP contribution in [0.15, 0.2) is 48.5 Å². The fraction of sp³-hybridized carbons (Fsp3) is 0.300. The third-order valence-corrected chi connectivity index (χ3v) is 4.22. The highest BCUT2D eigenvalue weighted by Crippen LogP contribution is 2.30. The van der Waals surface area contributed by atoms with Gasteiger partial charge in [0.2, 0.25) is 0 Å². The molecule has 0 saturated carbocycles. The predicted octanol–water partition coefficient (Wildman–Crippen LogP) is 6.24. The molecule has 3 aromatic carbocycles. The third-order valence-electron chi connectivity index (χ3n) is 4.22. The molecule has 3 aromatic rings. The van der Waals surface area contributed by atoms with Crippen molar-refractivity contribution >= 4 is 21.5 Å². The summed E-state index contributed by atoms with van der Waals surface area (Å²) in [5.41, 5.74) is 2.83. The van der Waals surface area contributed by atoms with Gasteiger partial charge in [-0.1, -0.05) is 76.2 Å². The molecule has 0 saturated heterocycles. The summed E-state index contributed by atoms with van der Waals surface area (Å²) in [4.78, 5) is 0. The molecule has 0 unspecified atom stereocenters. The number of benzene rings is 3. The molecule has 0 aliphatic heterocycles. The lowest BCUT2D eigenvalue weighted by Crippen LogP contribution is -1.89. The molecule has 0 heterocycles. The fourth-order valence-electron chi connectivity index (χ4n) is 2.81. The number of fused-ring (bicyclic) bond motifs is 3. The number of rotatable bonds is 2. The minimum absolute atomic E-state index is 0.574. The van der Waals surface area contributed by atoms with Gasteiger partial charge in [0.15, 0.2) is 0 Å². The van der Waals surface area contributed by atoms with E-state index in [1.165, 1.54) is 32.7 Å². The van der Waals surface area contributed by atoms with E-state index in [2.05, 4.69) is 76.2 Å². The zero-order chi connectivity index (χ0) is 14.3. The zero-order valence-corrected chi connectivity index (χ0v) is 12.8. The highest BCUT2D eigenvalue weighted by atomic mass is 14.1. The second-order valence-corrected chi connectivity index (χ2v) is 6.34. The zero-order valence-electron chi connectivity index (χ0n) is 12.8. The van der Waals surface area contributed by atoms with Crippen molar-refractivity contribution in [2.45, 2.75) is 39.5 Å². The monoisotopic (exact) mass is 262 g/mol. The van der Waals surface area contributed by atoms with Crippen molar-refractivity contribution in [2.75, 3.05) is 0 Å². The van der Waals surface area contributed by atoms with Gasteiger partial charge >= 0.3 is 0 Å². The Balaban J connectivity index is 2.30. The maximum absolute atomic E-state index is 2.36. The van der Waals surface area contributed by atoms with Crippen molar-refractivity contribution in [1.29, 1.82) is 0 Å². The van der Waals surface area contributed by atoms with Gasteiger partial charge in [0.25, 0.3) is 0 Å². The Morgan fingerprint density at radius 3 is 1.80 bits per heavy atom. The van der Waals surface area contributed by atoms with Crippen LogP contribution in [0.5, 0.6) is 0 Å². The van der Waals surface area contributed by atoms with Crippen LogP contribution in [0.1, 0.15) is 50.7 Å². The van der Waals surface area contributed by atoms with Crippen LogP contribution in [0.4, 0.5) is 0 Å². The molecular formula is C20H22. The van der Waals surface area contributed by atoms with E-state index in [1.54, 1.807) is 0 Å². The van der Waals surface area contributed by atoms with Gasteiger partial charge in [-0.2, -0.15) is 0 Å². The molecule has 0 spiro atoms. The van der Waals surface area contributed by atoms with Crippen molar-refractivity contribution < 1.29 is 0 Å². The van der Waals surface area contributed by atoms with Crippen molar-refractivity contribution in [1.82, 2.24) is 0 Å². The summed E-state index contributed by atoms with van der Waals surface area (Å²) in [6.07, 6.45) is 0. The molecule has 0 heteroatoms. The van der Waals surface area contributed by atoms with E-state index in [0.717, 1.165) is 0 Å². The number of hydrogen-bond acceptors (Lipinski definition) is 0. The molecular weight excluding hydrogens is 240 g/mol. The lowest BCUT2D eigenvalue weighted by molar-refractivity contribution is 0.868. The minimum Gasteiger partial charge on any atom is -0.0587 e. The molecule has 3 rings (SSSR count). The van der Waals surface area contributed by atoms with E-state index in [0.29, 0.717) is 11.8 Å². The minimum atomic E-state index is 0.574. The molecule has 0 aromatic heterocycles. The Labute approximate surface area is 121 Å². The molecule has 20 heavy (non-hydrogen) atoms. The molecule has 0 amide bonds. The first-order valence-corrected chi connectivity index (χ1v) is 7.52. The molecule has 0 bridgehead atoms. The van der Waals surface area contributed by atoms with E-state index in [-0.39, 0.29) is 0 Å². The maximum atomic E-state index is 2.36. The van der Waals surface area contributed by atoms with Gasteiger partial charge in [-0.3, -0.25) is 0 Å². The van der Waals surface area contributed by atoms with E-state index in [4.69, 9.17) is 0 Å². The fourth-order valence-corrected chi connectivity index (χ4v) is 2.81. The SMILES string of the molecule is CC(C)c1ccc2c(ccc3ccc(C(C)C)cc32)c1. The predicted molar refractivity (Wildman–Crippen MR) is 89.6 cm³/mol. The molecule has 0 aliphatic carbocycles. The van der Waals surface area contributed by atoms with Crippen molar-refractivity contribution in [3.05, 3.63) is 59.7 Å². The van der Waals surface area contributed by atoms with Crippen LogP contribution in [-0.2, 0) is 0 Å². The first-order valence-electron chi connectivity index (χ1n) is 7.52. The smallest absolute Gasteiger partial charge is 0.0103 e. The molecule has 0 aliphatic rings. The molecule has 0 atom stereocenters. The Kier molecular flexibility index (Phi) is 3.25. The standard InChI is InChI=1S/C20H22/c1-13(2)16-9-10-19-18(11-16)8-6-15-5-7-17(14(3)4)12-20(15)19/h5-14H,1-4H3. The summed E-state index contributed by atoms with van der Waals surface area (Å²) < 4.78 is 0. The van der Waals surface area contributed by atoms with Crippen LogP contribution >= 0.6 is 0 Å². The van der Waals surface area contributed by atoms with E-state index < -0.39 is 0 Å². The second-order valence-electron chi connectivity index (χ2n) is 6.34. The van der Waals surface area contributed by atoms with E-state index >= 15 is 0 Å². The van der Waals surface area contributed by atoms with Gasteiger partial charge in [0.05, 0.1) is 0 Å². The second kappa shape index (κ2) is 4.94. The highest BCUT2D eigenvalue weighted by molar-refractivity contribution is 6.07. The van der Waals surface area contributed by atoms with Crippen LogP contribution in [0, 0.1) is 0 Å². The highest BCUT2D eigenvalue weighted by Gasteiger charge is 2.06. The summed E-state index contributed by atoms with van der Waals surface area (Å²) in [5, 5.41) is 5.43. The van der Waals surface area contributed by atoms with Crippen LogP contribution in [-0.4, -0.2) is 0 Å². The van der Waals surface area contributed by atoms with Gasteiger partial charge in [-0.15, -0.1) is 0 Å². The largest absolute Gasteiger partial charge is 0.0587 e. The molecule has 0 radical (unpaired) electrons. The quantitative estimate of drug-likeness (QED) is 0.479. The van der Waals surface area contributed by atoms with Crippen LogP contribution in [0.25, 0.3) is 21.5 Å². The third kappa shape index (κ3) is 2.20. The van der Waals surface area contributed by atoms with Crippen molar-refractivity contribution in [3.8, 4) is 0 Å². The lowest BCUT2D eigenvalue weighted by Gasteiger charge is -2.11. The Morgan fingerprint density at radius 2 is 1.10 bits per heavy atom. The van der Waals surface area contributed by atoms with Crippen molar-refractivity contribution in [3.63, 3.8) is 0 Å². The molecule has 102 valence electrons. The average Bonchev–Trinajstić information content (AvgIpc) is 2.45. The maximum Gasteiger partial charge on any atom is -0.0103 e. The molecule has 0 N–H and O–H groups in total. The summed E-state index contributed by atoms with van der Waals surface area (Å²) in [7, 11) is 0. The first kappa shape index (κ1) is 13.2. The topological polar surface area (TPSA) is 0 Å². The lowest BCUT2D eigenvalue weighted by atomic mass is 9.93. The van der Waals surface area contributed by atoms with Crippen LogP contribution in [0.3, 0.4) is 0 Å². The summed E-state index contributed by atoms with van der Waals surface area (Å²) in [5.74, 6) is 1.15. The Hall–Kier alpha value is -1.82. The normalized spacial score (nSPS) is 11.9.